The molecule has 1 aromatic rings. The minimum atomic E-state index is -1.20. The monoisotopic (exact) mass is 384 g/mol. The number of carbonyl (C=O) groups excluding carboxylic acids is 2. The van der Waals surface area contributed by atoms with Gasteiger partial charge >= 0.3 is 0 Å². The molecular formula is C21H24N2O5. The van der Waals surface area contributed by atoms with Crippen LogP contribution in [0.2, 0.25) is 0 Å². The van der Waals surface area contributed by atoms with E-state index < -0.39 is 11.0 Å². The summed E-state index contributed by atoms with van der Waals surface area (Å²) in [5, 5.41) is 15.0. The molecule has 0 saturated carbocycles. The quantitative estimate of drug-likeness (QED) is 0.788. The van der Waals surface area contributed by atoms with E-state index in [4.69, 9.17) is 9.47 Å². The minimum Gasteiger partial charge on any atom is -0.498 e. The molecule has 5 rings (SSSR count). The zero-order valence-electron chi connectivity index (χ0n) is 16.2. The fraction of sp³-hybridized carbons (Fsp3) is 0.524. The van der Waals surface area contributed by atoms with Gasteiger partial charge < -0.3 is 24.8 Å². The van der Waals surface area contributed by atoms with Crippen LogP contribution in [0.3, 0.4) is 0 Å². The number of carbonyl (C=O) groups is 2. The first-order valence-electron chi connectivity index (χ1n) is 9.60. The van der Waals surface area contributed by atoms with Crippen LogP contribution in [0.5, 0.6) is 5.75 Å². The number of rotatable bonds is 2. The number of hydrogen-bond donors (Lipinski definition) is 2. The number of amides is 1. The highest BCUT2D eigenvalue weighted by Crippen LogP contribution is 2.57. The highest BCUT2D eigenvalue weighted by Gasteiger charge is 2.68. The third kappa shape index (κ3) is 1.96. The van der Waals surface area contributed by atoms with E-state index in [0.29, 0.717) is 24.2 Å². The predicted molar refractivity (Wildman–Crippen MR) is 101 cm³/mol. The van der Waals surface area contributed by atoms with E-state index in [1.54, 1.807) is 19.1 Å². The molecular weight excluding hydrogens is 360 g/mol. The number of benzene rings is 1. The maximum atomic E-state index is 13.5. The van der Waals surface area contributed by atoms with E-state index in [2.05, 4.69) is 5.32 Å². The Bertz CT molecular complexity index is 927. The molecule has 0 unspecified atom stereocenters. The molecule has 1 amide bonds. The normalized spacial score (nSPS) is 38.0. The molecule has 4 aliphatic heterocycles. The predicted octanol–water partition coefficient (Wildman–Crippen LogP) is 0.894. The number of fused-ring (bicyclic) bond motifs is 7. The van der Waals surface area contributed by atoms with Gasteiger partial charge in [-0.15, -0.1) is 0 Å². The van der Waals surface area contributed by atoms with Gasteiger partial charge in [-0.1, -0.05) is 6.07 Å². The molecule has 0 aliphatic carbocycles. The van der Waals surface area contributed by atoms with Crippen molar-refractivity contribution in [3.05, 3.63) is 35.6 Å². The molecule has 2 saturated heterocycles. The van der Waals surface area contributed by atoms with Crippen molar-refractivity contribution in [1.82, 2.24) is 5.32 Å². The molecule has 4 heterocycles. The first-order valence-corrected chi connectivity index (χ1v) is 9.60. The van der Waals surface area contributed by atoms with Gasteiger partial charge in [0.05, 0.1) is 24.5 Å². The summed E-state index contributed by atoms with van der Waals surface area (Å²) in [4.78, 5) is 27.4. The van der Waals surface area contributed by atoms with E-state index in [1.165, 1.54) is 13.2 Å². The Morgan fingerprint density at radius 2 is 2.18 bits per heavy atom. The fourth-order valence-corrected chi connectivity index (χ4v) is 5.81. The lowest BCUT2D eigenvalue weighted by Crippen LogP contribution is -2.64. The lowest BCUT2D eigenvalue weighted by Gasteiger charge is -2.47. The summed E-state index contributed by atoms with van der Waals surface area (Å²) in [6.45, 7) is 1.62. The topological polar surface area (TPSA) is 88.1 Å². The van der Waals surface area contributed by atoms with Crippen molar-refractivity contribution >= 4 is 17.4 Å². The highest BCUT2D eigenvalue weighted by molar-refractivity contribution is 6.09. The van der Waals surface area contributed by atoms with Crippen molar-refractivity contribution in [2.75, 3.05) is 25.7 Å². The summed E-state index contributed by atoms with van der Waals surface area (Å²) >= 11 is 0. The zero-order valence-corrected chi connectivity index (χ0v) is 16.2. The van der Waals surface area contributed by atoms with Crippen LogP contribution in [0.1, 0.15) is 25.3 Å². The number of ether oxygens (including phenoxy) is 2. The summed E-state index contributed by atoms with van der Waals surface area (Å²) in [6.07, 6.45) is 2.47. The number of piperidine rings is 1. The molecule has 1 aromatic carbocycles. The van der Waals surface area contributed by atoms with Crippen LogP contribution in [0.25, 0.3) is 0 Å². The van der Waals surface area contributed by atoms with E-state index in [1.807, 2.05) is 18.2 Å². The Hall–Kier alpha value is -2.38. The fourth-order valence-electron chi connectivity index (χ4n) is 5.81. The van der Waals surface area contributed by atoms with Crippen LogP contribution < -0.4 is 15.0 Å². The van der Waals surface area contributed by atoms with Crippen LogP contribution in [0, 0.1) is 5.92 Å². The first-order chi connectivity index (χ1) is 13.3. The van der Waals surface area contributed by atoms with Crippen LogP contribution in [0.15, 0.2) is 30.0 Å². The number of likely N-dealkylation sites (N-methyl/N-ethyl adjacent to an activating group) is 1. The highest BCUT2D eigenvalue weighted by atomic mass is 16.5. The Balaban J connectivity index is 1.63. The van der Waals surface area contributed by atoms with Gasteiger partial charge in [0.15, 0.2) is 5.78 Å². The van der Waals surface area contributed by atoms with Crippen molar-refractivity contribution in [2.24, 2.45) is 5.92 Å². The zero-order chi connectivity index (χ0) is 19.8. The summed E-state index contributed by atoms with van der Waals surface area (Å²) in [6, 6.07) is 5.24. The third-order valence-corrected chi connectivity index (χ3v) is 7.24. The largest absolute Gasteiger partial charge is 0.498 e. The Labute approximate surface area is 163 Å². The maximum absolute atomic E-state index is 13.5. The number of nitrogens with one attached hydrogen (secondary N) is 1. The van der Waals surface area contributed by atoms with Crippen molar-refractivity contribution in [2.45, 2.75) is 42.9 Å². The second kappa shape index (κ2) is 5.58. The molecule has 148 valence electrons. The summed E-state index contributed by atoms with van der Waals surface area (Å²) in [7, 11) is 3.39. The summed E-state index contributed by atoms with van der Waals surface area (Å²) in [5.41, 5.74) is 0.348. The third-order valence-electron chi connectivity index (χ3n) is 7.24. The molecule has 4 aliphatic rings. The number of nitrogens with zero attached hydrogens (tertiary/aromatic N) is 1. The van der Waals surface area contributed by atoms with E-state index >= 15 is 0 Å². The lowest BCUT2D eigenvalue weighted by atomic mass is 9.70. The average Bonchev–Trinajstić information content (AvgIpc) is 3.13. The molecule has 7 heteroatoms. The van der Waals surface area contributed by atoms with Crippen molar-refractivity contribution in [1.29, 1.82) is 0 Å². The number of aliphatic hydroxyl groups is 1. The maximum Gasteiger partial charge on any atom is 0.239 e. The van der Waals surface area contributed by atoms with Gasteiger partial charge in [0.2, 0.25) is 5.91 Å². The molecule has 7 nitrogen and oxygen atoms in total. The van der Waals surface area contributed by atoms with Crippen molar-refractivity contribution in [3.63, 3.8) is 0 Å². The van der Waals surface area contributed by atoms with E-state index in [9.17, 15) is 14.7 Å². The Kier molecular flexibility index (Phi) is 3.53. The number of anilines is 1. The lowest BCUT2D eigenvalue weighted by molar-refractivity contribution is -0.126. The van der Waals surface area contributed by atoms with E-state index in [0.717, 1.165) is 11.3 Å². The number of methoxy groups -OCH3 is 1. The van der Waals surface area contributed by atoms with Gasteiger partial charge in [-0.2, -0.15) is 0 Å². The van der Waals surface area contributed by atoms with Crippen LogP contribution in [-0.2, 0) is 19.7 Å². The Morgan fingerprint density at radius 3 is 2.89 bits per heavy atom. The molecule has 28 heavy (non-hydrogen) atoms. The molecule has 2 bridgehead atoms. The van der Waals surface area contributed by atoms with Gasteiger partial charge in [-0.05, 0) is 31.4 Å². The van der Waals surface area contributed by atoms with Crippen molar-refractivity contribution < 1.29 is 24.2 Å². The summed E-state index contributed by atoms with van der Waals surface area (Å²) < 4.78 is 10.8. The summed E-state index contributed by atoms with van der Waals surface area (Å²) in [5.74, 6) is 0.285. The number of ketones is 1. The second-order valence-electron chi connectivity index (χ2n) is 8.41. The average molecular weight is 384 g/mol. The first kappa shape index (κ1) is 17.7. The van der Waals surface area contributed by atoms with Gasteiger partial charge in [0.1, 0.15) is 18.0 Å². The van der Waals surface area contributed by atoms with Crippen molar-refractivity contribution in [3.8, 4) is 5.75 Å². The van der Waals surface area contributed by atoms with Crippen LogP contribution in [0.4, 0.5) is 5.69 Å². The molecule has 1 spiro atoms. The number of Topliss-reactive ketones (excluding diaryl/α,β-unsaturated/α-hetero) is 1. The SMILES string of the molecule is COc1ccc2c(c1)N(C)C(=O)[C@@]21C[C@H]2N[C@@H]1C[C@H]1C(C(C)=O)=COC[C@@]21O. The van der Waals surface area contributed by atoms with Gasteiger partial charge in [-0.25, -0.2) is 0 Å². The molecule has 0 radical (unpaired) electrons. The molecule has 5 atom stereocenters. The van der Waals surface area contributed by atoms with Crippen LogP contribution in [-0.4, -0.2) is 55.2 Å². The second-order valence-corrected chi connectivity index (χ2v) is 8.41. The van der Waals surface area contributed by atoms with Crippen LogP contribution >= 0.6 is 0 Å². The smallest absolute Gasteiger partial charge is 0.239 e. The minimum absolute atomic E-state index is 0.0206. The molecule has 2 fully saturated rings. The van der Waals surface area contributed by atoms with Gasteiger partial charge in [0, 0.05) is 36.7 Å². The molecule has 0 aromatic heterocycles. The van der Waals surface area contributed by atoms with Gasteiger partial charge in [0.25, 0.3) is 0 Å². The number of hydrogen-bond acceptors (Lipinski definition) is 6. The van der Waals surface area contributed by atoms with Gasteiger partial charge in [-0.3, -0.25) is 9.59 Å². The molecule has 2 N–H and O–H groups in total. The van der Waals surface area contributed by atoms with E-state index in [-0.39, 0.29) is 36.3 Å². The Morgan fingerprint density at radius 1 is 1.39 bits per heavy atom. The standard InChI is InChI=1S/C21H24N2O5/c1-11(24)13-9-28-10-21(26)15(13)7-17-20(8-18(21)22-17)14-5-4-12(27-3)6-16(14)23(2)19(20)25/h4-6,9,15,17-18,22,26H,7-8,10H2,1-3H3/t15-,17+,18+,20-,21-/m0/s1.